The molecule has 7 nitrogen and oxygen atoms in total. The fourth-order valence-electron chi connectivity index (χ4n) is 3.05. The van der Waals surface area contributed by atoms with Crippen LogP contribution in [0, 0.1) is 19.6 Å². The first-order valence-electron chi connectivity index (χ1n) is 8.90. The molecule has 1 fully saturated rings. The molecule has 2 amide bonds. The van der Waals surface area contributed by atoms with Gasteiger partial charge in [0.25, 0.3) is 0 Å². The minimum atomic E-state index is -0.452. The molecule has 1 aromatic heterocycles. The number of morpholine rings is 1. The summed E-state index contributed by atoms with van der Waals surface area (Å²) in [5.41, 5.74) is 1.55. The van der Waals surface area contributed by atoms with Crippen molar-refractivity contribution in [2.45, 2.75) is 6.54 Å². The Morgan fingerprint density at radius 1 is 1.17 bits per heavy atom. The van der Waals surface area contributed by atoms with Gasteiger partial charge in [0.1, 0.15) is 5.82 Å². The monoisotopic (exact) mass is 645 g/mol. The van der Waals surface area contributed by atoms with Gasteiger partial charge in [-0.1, -0.05) is 30.3 Å². The van der Waals surface area contributed by atoms with Gasteiger partial charge in [-0.25, -0.2) is 19.4 Å². The average Bonchev–Trinajstić information content (AvgIpc) is 3.29. The number of amides is 2. The molecule has 1 aliphatic heterocycles. The van der Waals surface area contributed by atoms with Gasteiger partial charge in [0.15, 0.2) is 0 Å². The number of carbonyl (C=O) groups is 1. The van der Waals surface area contributed by atoms with Gasteiger partial charge < -0.3 is 21.5 Å². The molecule has 0 saturated carbocycles. The van der Waals surface area contributed by atoms with Crippen molar-refractivity contribution in [3.63, 3.8) is 0 Å². The summed E-state index contributed by atoms with van der Waals surface area (Å²) >= 11 is 0. The smallest absolute Gasteiger partial charge is 0.324 e. The standard InChI is InChI=1S/C20H18FN4O3.CH3.Cf/c21-18-12-15(19-23-22-14-28-19)6-7-16(18)13-25(17-4-2-1-3-5-17)20(26)24-8-10-27-11-9-24;;/h1-7,12H,8-11,13H2;1H3;/q2*-1;. The molecule has 0 N–H and O–H groups in total. The molecular formula is C21H21CfFN4O3-2. The maximum Gasteiger partial charge on any atom is 0.324 e. The van der Waals surface area contributed by atoms with E-state index in [2.05, 4.69) is 16.6 Å². The Labute approximate surface area is 168 Å². The topological polar surface area (TPSA) is 71.7 Å². The summed E-state index contributed by atoms with van der Waals surface area (Å²) in [6.07, 6.45) is 2.24. The number of halogens is 1. The number of hydrogen-bond donors (Lipinski definition) is 0. The number of urea groups is 1. The molecule has 0 spiro atoms. The van der Waals surface area contributed by atoms with Crippen molar-refractivity contribution in [3.05, 3.63) is 73.7 Å². The molecule has 1 saturated heterocycles. The van der Waals surface area contributed by atoms with Gasteiger partial charge in [0.05, 0.1) is 32.0 Å². The zero-order valence-corrected chi connectivity index (χ0v) is 19.0. The van der Waals surface area contributed by atoms with Crippen molar-refractivity contribution in [3.8, 4) is 11.5 Å². The van der Waals surface area contributed by atoms with E-state index in [-0.39, 0.29) is 25.9 Å². The molecule has 0 atom stereocenters. The minimum absolute atomic E-state index is 0. The molecule has 9 heteroatoms. The second-order valence-corrected chi connectivity index (χ2v) is 6.31. The number of anilines is 1. The Bertz CT molecular complexity index is 935. The number of carbonyl (C=O) groups excluding carboxylic acids is 1. The van der Waals surface area contributed by atoms with Gasteiger partial charge in [-0.2, -0.15) is 0 Å². The molecule has 4 rings (SSSR count). The average molecular weight is 647 g/mol. The molecule has 30 heavy (non-hydrogen) atoms. The number of aromatic nitrogens is 2. The van der Waals surface area contributed by atoms with Crippen LogP contribution in [0.2, 0.25) is 0 Å². The van der Waals surface area contributed by atoms with E-state index in [9.17, 15) is 9.18 Å². The van der Waals surface area contributed by atoms with Crippen LogP contribution in [0.1, 0.15) is 5.56 Å². The fraction of sp³-hybridized carbons (Fsp3) is 0.238. The Morgan fingerprint density at radius 2 is 1.90 bits per heavy atom. The molecule has 0 aliphatic carbocycles. The molecule has 1 aliphatic rings. The Hall–Kier alpha value is -4.26. The van der Waals surface area contributed by atoms with E-state index in [0.29, 0.717) is 43.1 Å². The molecule has 2 aromatic carbocycles. The van der Waals surface area contributed by atoms with E-state index in [4.69, 9.17) is 9.15 Å². The van der Waals surface area contributed by atoms with Crippen LogP contribution in [0.3, 0.4) is 0 Å². The maximum absolute atomic E-state index is 14.8. The molecular weight excluding hydrogens is 626 g/mol. The number of hydrogen-bond acceptors (Lipinski definition) is 5. The minimum Gasteiger partial charge on any atom is -0.609 e. The van der Waals surface area contributed by atoms with Crippen molar-refractivity contribution < 1.29 is 18.3 Å². The van der Waals surface area contributed by atoms with E-state index in [1.807, 2.05) is 30.3 Å². The summed E-state index contributed by atoms with van der Waals surface area (Å²) in [6.45, 7) is 2.12. The van der Waals surface area contributed by atoms with E-state index >= 15 is 0 Å². The SMILES string of the molecule is O=C(N1CCOCC1)N(Cc1ccc(-c2nn[c-]o2)cc1F)c1ccccc1.[CH3-].[Cf]. The number of para-hydroxylation sites is 1. The quantitative estimate of drug-likeness (QED) is 0.406. The van der Waals surface area contributed by atoms with Crippen LogP contribution in [0.4, 0.5) is 14.9 Å². The number of nitrogens with zero attached hydrogens (tertiary/aromatic N) is 4. The third-order valence-corrected chi connectivity index (χ3v) is 4.53. The first kappa shape index (κ1) is 22.0. The van der Waals surface area contributed by atoms with Gasteiger partial charge in [0, 0.05) is 24.3 Å². The van der Waals surface area contributed by atoms with Crippen molar-refractivity contribution >= 4 is 11.7 Å². The first-order chi connectivity index (χ1) is 13.7. The van der Waals surface area contributed by atoms with Gasteiger partial charge in [-0.15, -0.1) is 0 Å². The Balaban J connectivity index is 0.00000160. The predicted molar refractivity (Wildman–Crippen MR) is 105 cm³/mol. The molecule has 3 aromatic rings. The van der Waals surface area contributed by atoms with E-state index < -0.39 is 5.82 Å². The van der Waals surface area contributed by atoms with Crippen LogP contribution >= 0.6 is 0 Å². The van der Waals surface area contributed by atoms with Crippen LogP contribution in [0.5, 0.6) is 0 Å². The van der Waals surface area contributed by atoms with Crippen molar-refractivity contribution in [1.29, 1.82) is 0 Å². The number of benzene rings is 2. The van der Waals surface area contributed by atoms with Crippen molar-refractivity contribution in [2.75, 3.05) is 31.2 Å². The van der Waals surface area contributed by atoms with E-state index in [1.165, 1.54) is 6.07 Å². The first-order valence-corrected chi connectivity index (χ1v) is 8.90. The van der Waals surface area contributed by atoms with Crippen LogP contribution in [-0.2, 0) is 11.3 Å². The summed E-state index contributed by atoms with van der Waals surface area (Å²) in [4.78, 5) is 16.4. The third kappa shape index (κ3) is 4.59. The zero-order chi connectivity index (χ0) is 19.3. The van der Waals surface area contributed by atoms with Crippen LogP contribution in [0.25, 0.3) is 11.5 Å². The summed E-state index contributed by atoms with van der Waals surface area (Å²) in [6, 6.07) is 13.7. The molecule has 0 radical (unpaired) electrons. The molecule has 2 heterocycles. The fourth-order valence-corrected chi connectivity index (χ4v) is 3.05. The summed E-state index contributed by atoms with van der Waals surface area (Å²) in [7, 11) is 0. The molecule has 162 valence electrons. The van der Waals surface area contributed by atoms with Crippen molar-refractivity contribution in [2.24, 2.45) is 0 Å². The van der Waals surface area contributed by atoms with Crippen LogP contribution in [-0.4, -0.2) is 47.4 Å². The van der Waals surface area contributed by atoms with Gasteiger partial charge in [0.2, 0.25) is 0 Å². The second kappa shape index (κ2) is 9.79. The largest absolute Gasteiger partial charge is 0.609 e. The Morgan fingerprint density at radius 3 is 2.53 bits per heavy atom. The molecule has 0 bridgehead atoms. The Kier molecular flexibility index (Phi) is 7.19. The van der Waals surface area contributed by atoms with Crippen LogP contribution < -0.4 is 4.90 Å². The number of rotatable bonds is 4. The van der Waals surface area contributed by atoms with E-state index in [1.54, 1.807) is 21.9 Å². The zero-order valence-electron chi connectivity index (χ0n) is 16.4. The van der Waals surface area contributed by atoms with Gasteiger partial charge >= 0.3 is 6.03 Å². The third-order valence-electron chi connectivity index (χ3n) is 4.53. The molecule has 0 unspecified atom stereocenters. The van der Waals surface area contributed by atoms with Gasteiger partial charge in [-0.3, -0.25) is 4.90 Å². The summed E-state index contributed by atoms with van der Waals surface area (Å²) < 4.78 is 25.1. The number of ether oxygens (including phenoxy) is 1. The predicted octanol–water partition coefficient (Wildman–Crippen LogP) is 3.58. The van der Waals surface area contributed by atoms with Crippen LogP contribution in [0.15, 0.2) is 52.9 Å². The van der Waals surface area contributed by atoms with Crippen molar-refractivity contribution in [1.82, 2.24) is 15.1 Å². The second-order valence-electron chi connectivity index (χ2n) is 6.31. The van der Waals surface area contributed by atoms with Gasteiger partial charge in [-0.05, 0) is 23.8 Å². The summed E-state index contributed by atoms with van der Waals surface area (Å²) in [5, 5.41) is 7.21. The maximum atomic E-state index is 14.8. The van der Waals surface area contributed by atoms with E-state index in [0.717, 1.165) is 0 Å². The summed E-state index contributed by atoms with van der Waals surface area (Å²) in [5.74, 6) is -0.263. The normalized spacial score (nSPS) is 13.2.